The van der Waals surface area contributed by atoms with Crippen LogP contribution in [0.1, 0.15) is 10.4 Å². The van der Waals surface area contributed by atoms with Gasteiger partial charge in [-0.3, -0.25) is 0 Å². The van der Waals surface area contributed by atoms with Crippen molar-refractivity contribution in [3.8, 4) is 11.1 Å². The lowest BCUT2D eigenvalue weighted by Crippen LogP contribution is -1.97. The van der Waals surface area contributed by atoms with Crippen LogP contribution in [0.15, 0.2) is 36.4 Å². The number of carboxylic acid groups (broad SMARTS) is 1. The normalized spacial score (nSPS) is 10.1. The number of carboxylic acids is 1. The van der Waals surface area contributed by atoms with E-state index in [4.69, 9.17) is 16.6 Å². The van der Waals surface area contributed by atoms with Gasteiger partial charge in [-0.25, -0.2) is 9.78 Å². The molecule has 86 valence electrons. The van der Waals surface area contributed by atoms with Gasteiger partial charge in [0.05, 0.1) is 5.56 Å². The van der Waals surface area contributed by atoms with Crippen LogP contribution in [-0.2, 0) is 0 Å². The second kappa shape index (κ2) is 4.13. The Hall–Kier alpha value is -2.56. The van der Waals surface area contributed by atoms with E-state index in [1.54, 1.807) is 24.3 Å². The van der Waals surface area contributed by atoms with Gasteiger partial charge < -0.3 is 16.6 Å². The van der Waals surface area contributed by atoms with Crippen molar-refractivity contribution in [2.75, 3.05) is 11.5 Å². The van der Waals surface area contributed by atoms with Crippen LogP contribution in [0.5, 0.6) is 0 Å². The van der Waals surface area contributed by atoms with Gasteiger partial charge in [0.25, 0.3) is 0 Å². The van der Waals surface area contributed by atoms with Crippen molar-refractivity contribution in [1.29, 1.82) is 0 Å². The van der Waals surface area contributed by atoms with Gasteiger partial charge in [-0.15, -0.1) is 0 Å². The fraction of sp³-hybridized carbons (Fsp3) is 0. The molecule has 0 aliphatic carbocycles. The number of hydrogen-bond donors (Lipinski definition) is 3. The summed E-state index contributed by atoms with van der Waals surface area (Å²) in [5.41, 5.74) is 13.1. The number of nitrogen functional groups attached to an aromatic ring is 2. The SMILES string of the molecule is Nc1cc(-c2ccc(C(=O)O)cc2)cc(N)n1. The quantitative estimate of drug-likeness (QED) is 0.726. The maximum Gasteiger partial charge on any atom is 0.335 e. The summed E-state index contributed by atoms with van der Waals surface area (Å²) in [5, 5.41) is 8.78. The van der Waals surface area contributed by atoms with Crippen LogP contribution >= 0.6 is 0 Å². The van der Waals surface area contributed by atoms with Gasteiger partial charge in [0.1, 0.15) is 11.6 Å². The van der Waals surface area contributed by atoms with Gasteiger partial charge in [-0.1, -0.05) is 12.1 Å². The number of anilines is 2. The molecule has 0 aliphatic rings. The Balaban J connectivity index is 2.43. The molecule has 2 rings (SSSR count). The molecule has 1 heterocycles. The third-order valence-corrected chi connectivity index (χ3v) is 2.33. The first-order valence-electron chi connectivity index (χ1n) is 4.93. The summed E-state index contributed by atoms with van der Waals surface area (Å²) in [6.45, 7) is 0. The van der Waals surface area contributed by atoms with Gasteiger partial charge in [0.2, 0.25) is 0 Å². The van der Waals surface area contributed by atoms with Gasteiger partial charge in [-0.05, 0) is 35.4 Å². The lowest BCUT2D eigenvalue weighted by atomic mass is 10.0. The molecule has 0 fully saturated rings. The highest BCUT2D eigenvalue weighted by Gasteiger charge is 2.04. The number of hydrogen-bond acceptors (Lipinski definition) is 4. The first kappa shape index (κ1) is 10.9. The molecule has 0 atom stereocenters. The Kier molecular flexibility index (Phi) is 2.66. The Morgan fingerprint density at radius 3 is 2.00 bits per heavy atom. The van der Waals surface area contributed by atoms with Crippen LogP contribution < -0.4 is 11.5 Å². The van der Waals surface area contributed by atoms with Crippen LogP contribution in [-0.4, -0.2) is 16.1 Å². The Morgan fingerprint density at radius 1 is 1.00 bits per heavy atom. The standard InChI is InChI=1S/C12H11N3O2/c13-10-5-9(6-11(14)15-10)7-1-3-8(4-2-7)12(16)17/h1-6H,(H,16,17)(H4,13,14,15). The summed E-state index contributed by atoms with van der Waals surface area (Å²) in [4.78, 5) is 14.6. The zero-order chi connectivity index (χ0) is 12.4. The molecule has 5 nitrogen and oxygen atoms in total. The summed E-state index contributed by atoms with van der Waals surface area (Å²) in [6, 6.07) is 9.85. The molecule has 0 bridgehead atoms. The number of nitrogens with zero attached hydrogens (tertiary/aromatic N) is 1. The van der Waals surface area contributed by atoms with Gasteiger partial charge in [-0.2, -0.15) is 0 Å². The van der Waals surface area contributed by atoms with E-state index in [0.717, 1.165) is 11.1 Å². The van der Waals surface area contributed by atoms with Crippen molar-refractivity contribution >= 4 is 17.6 Å². The molecule has 17 heavy (non-hydrogen) atoms. The lowest BCUT2D eigenvalue weighted by Gasteiger charge is -2.04. The molecule has 0 aliphatic heterocycles. The highest BCUT2D eigenvalue weighted by Crippen LogP contribution is 2.23. The Morgan fingerprint density at radius 2 is 1.53 bits per heavy atom. The van der Waals surface area contributed by atoms with E-state index in [0.29, 0.717) is 11.6 Å². The summed E-state index contributed by atoms with van der Waals surface area (Å²) >= 11 is 0. The number of pyridine rings is 1. The second-order valence-electron chi connectivity index (χ2n) is 3.59. The lowest BCUT2D eigenvalue weighted by molar-refractivity contribution is 0.0697. The van der Waals surface area contributed by atoms with E-state index < -0.39 is 5.97 Å². The molecule has 0 unspecified atom stereocenters. The Labute approximate surface area is 97.7 Å². The fourth-order valence-electron chi connectivity index (χ4n) is 1.55. The predicted octanol–water partition coefficient (Wildman–Crippen LogP) is 1.61. The van der Waals surface area contributed by atoms with E-state index in [9.17, 15) is 4.79 Å². The number of aromatic nitrogens is 1. The average molecular weight is 229 g/mol. The molecule has 1 aromatic heterocycles. The molecular weight excluding hydrogens is 218 g/mol. The smallest absolute Gasteiger partial charge is 0.335 e. The number of carbonyl (C=O) groups is 1. The summed E-state index contributed by atoms with van der Waals surface area (Å²) in [5.74, 6) is -0.282. The topological polar surface area (TPSA) is 102 Å². The fourth-order valence-corrected chi connectivity index (χ4v) is 1.55. The maximum atomic E-state index is 10.7. The molecule has 0 amide bonds. The largest absolute Gasteiger partial charge is 0.478 e. The molecule has 1 aromatic carbocycles. The van der Waals surface area contributed by atoms with Gasteiger partial charge in [0, 0.05) is 0 Å². The number of benzene rings is 1. The van der Waals surface area contributed by atoms with Crippen LogP contribution in [0, 0.1) is 0 Å². The van der Waals surface area contributed by atoms with E-state index in [1.807, 2.05) is 0 Å². The zero-order valence-corrected chi connectivity index (χ0v) is 8.92. The number of nitrogens with two attached hydrogens (primary N) is 2. The van der Waals surface area contributed by atoms with Crippen molar-refractivity contribution in [3.05, 3.63) is 42.0 Å². The minimum absolute atomic E-state index is 0.240. The zero-order valence-electron chi connectivity index (χ0n) is 8.92. The highest BCUT2D eigenvalue weighted by atomic mass is 16.4. The molecule has 0 saturated carbocycles. The van der Waals surface area contributed by atoms with E-state index >= 15 is 0 Å². The molecule has 0 saturated heterocycles. The molecule has 5 heteroatoms. The summed E-state index contributed by atoms with van der Waals surface area (Å²) in [6.07, 6.45) is 0. The third kappa shape index (κ3) is 2.34. The van der Waals surface area contributed by atoms with Crippen molar-refractivity contribution in [3.63, 3.8) is 0 Å². The van der Waals surface area contributed by atoms with Crippen LogP contribution in [0.2, 0.25) is 0 Å². The molecule has 0 radical (unpaired) electrons. The van der Waals surface area contributed by atoms with Crippen LogP contribution in [0.3, 0.4) is 0 Å². The minimum atomic E-state index is -0.953. The average Bonchev–Trinajstić information content (AvgIpc) is 2.28. The highest BCUT2D eigenvalue weighted by molar-refractivity contribution is 5.88. The molecule has 2 aromatic rings. The summed E-state index contributed by atoms with van der Waals surface area (Å²) in [7, 11) is 0. The second-order valence-corrected chi connectivity index (χ2v) is 3.59. The van der Waals surface area contributed by atoms with Crippen molar-refractivity contribution in [2.24, 2.45) is 0 Å². The van der Waals surface area contributed by atoms with Crippen molar-refractivity contribution < 1.29 is 9.90 Å². The monoisotopic (exact) mass is 229 g/mol. The van der Waals surface area contributed by atoms with Crippen molar-refractivity contribution in [1.82, 2.24) is 4.98 Å². The van der Waals surface area contributed by atoms with Crippen molar-refractivity contribution in [2.45, 2.75) is 0 Å². The minimum Gasteiger partial charge on any atom is -0.478 e. The molecule has 5 N–H and O–H groups in total. The number of aromatic carboxylic acids is 1. The first-order chi connectivity index (χ1) is 8.06. The van der Waals surface area contributed by atoms with E-state index in [1.165, 1.54) is 12.1 Å². The molecular formula is C12H11N3O2. The first-order valence-corrected chi connectivity index (χ1v) is 4.93. The maximum absolute atomic E-state index is 10.7. The van der Waals surface area contributed by atoms with E-state index in [-0.39, 0.29) is 5.56 Å². The predicted molar refractivity (Wildman–Crippen MR) is 65.5 cm³/mol. The van der Waals surface area contributed by atoms with Gasteiger partial charge in [0.15, 0.2) is 0 Å². The Bertz CT molecular complexity index is 544. The number of rotatable bonds is 2. The molecule has 0 spiro atoms. The summed E-state index contributed by atoms with van der Waals surface area (Å²) < 4.78 is 0. The third-order valence-electron chi connectivity index (χ3n) is 2.33. The van der Waals surface area contributed by atoms with Gasteiger partial charge >= 0.3 is 5.97 Å². The van der Waals surface area contributed by atoms with Crippen LogP contribution in [0.4, 0.5) is 11.6 Å². The van der Waals surface area contributed by atoms with E-state index in [2.05, 4.69) is 4.98 Å². The van der Waals surface area contributed by atoms with Crippen LogP contribution in [0.25, 0.3) is 11.1 Å².